The summed E-state index contributed by atoms with van der Waals surface area (Å²) in [4.78, 5) is 22.6. The lowest BCUT2D eigenvalue weighted by Gasteiger charge is -2.13. The number of nitroso groups, excluding NO2 is 1. The fraction of sp³-hybridized carbons (Fsp3) is 0.261. The van der Waals surface area contributed by atoms with E-state index in [0.717, 1.165) is 34.5 Å². The highest BCUT2D eigenvalue weighted by atomic mass is 32.2. The Hall–Kier alpha value is -3.46. The first-order chi connectivity index (χ1) is 15.2. The second-order valence-corrected chi connectivity index (χ2v) is 9.24. The van der Waals surface area contributed by atoms with Gasteiger partial charge in [0.05, 0.1) is 24.1 Å². The number of carbonyl (C=O) groups is 1. The molecule has 0 unspecified atom stereocenters. The van der Waals surface area contributed by atoms with Crippen LogP contribution in [0.25, 0.3) is 16.9 Å². The number of hydrogen-bond acceptors (Lipinski definition) is 7. The molecule has 0 amide bonds. The van der Waals surface area contributed by atoms with E-state index in [0.29, 0.717) is 5.75 Å². The number of hydrogen-bond donors (Lipinski definition) is 0. The standard InChI is InChI=1S/C23H24N2O6S/c1-16-18(15-23(26)31-13-12-24-27)14-22(17-4-10-21(11-5-17)32(3,28)29)25(16)19-6-8-20(30-2)9-7-19/h4-11,14H,12-13,15H2,1-3H3. The topological polar surface area (TPSA) is 104 Å². The fourth-order valence-electron chi connectivity index (χ4n) is 3.39. The molecule has 168 valence electrons. The van der Waals surface area contributed by atoms with Crippen LogP contribution in [0.4, 0.5) is 0 Å². The maximum absolute atomic E-state index is 12.2. The van der Waals surface area contributed by atoms with Gasteiger partial charge in [-0.15, -0.1) is 0 Å². The number of aromatic nitrogens is 1. The molecule has 0 aliphatic carbocycles. The SMILES string of the molecule is COc1ccc(-n2c(-c3ccc(S(C)(=O)=O)cc3)cc(CC(=O)OCCN=O)c2C)cc1. The highest BCUT2D eigenvalue weighted by Gasteiger charge is 2.18. The molecule has 1 aromatic heterocycles. The Morgan fingerprint density at radius 2 is 1.72 bits per heavy atom. The molecule has 0 N–H and O–H groups in total. The molecule has 0 atom stereocenters. The molecule has 0 bridgehead atoms. The number of benzene rings is 2. The van der Waals surface area contributed by atoms with Crippen molar-refractivity contribution in [1.82, 2.24) is 4.57 Å². The van der Waals surface area contributed by atoms with Crippen molar-refractivity contribution >= 4 is 15.8 Å². The van der Waals surface area contributed by atoms with Crippen molar-refractivity contribution in [1.29, 1.82) is 0 Å². The number of carbonyl (C=O) groups excluding carboxylic acids is 1. The number of sulfone groups is 1. The molecule has 3 rings (SSSR count). The summed E-state index contributed by atoms with van der Waals surface area (Å²) in [7, 11) is -1.72. The highest BCUT2D eigenvalue weighted by Crippen LogP contribution is 2.31. The second-order valence-electron chi connectivity index (χ2n) is 7.22. The second kappa shape index (κ2) is 9.78. The molecule has 32 heavy (non-hydrogen) atoms. The summed E-state index contributed by atoms with van der Waals surface area (Å²) in [5, 5.41) is 2.68. The molecule has 3 aromatic rings. The van der Waals surface area contributed by atoms with Crippen LogP contribution >= 0.6 is 0 Å². The van der Waals surface area contributed by atoms with Crippen LogP contribution in [-0.2, 0) is 25.8 Å². The largest absolute Gasteiger partial charge is 0.497 e. The van der Waals surface area contributed by atoms with Gasteiger partial charge in [0.2, 0.25) is 0 Å². The molecule has 0 aliphatic rings. The van der Waals surface area contributed by atoms with Crippen molar-refractivity contribution in [2.45, 2.75) is 18.2 Å². The summed E-state index contributed by atoms with van der Waals surface area (Å²) in [6.07, 6.45) is 1.19. The monoisotopic (exact) mass is 456 g/mol. The lowest BCUT2D eigenvalue weighted by molar-refractivity contribution is -0.142. The average Bonchev–Trinajstić information content (AvgIpc) is 3.09. The number of nitrogens with zero attached hydrogens (tertiary/aromatic N) is 2. The predicted octanol–water partition coefficient (Wildman–Crippen LogP) is 3.72. The minimum Gasteiger partial charge on any atom is -0.497 e. The first-order valence-corrected chi connectivity index (χ1v) is 11.7. The summed E-state index contributed by atoms with van der Waals surface area (Å²) in [6, 6.07) is 16.0. The van der Waals surface area contributed by atoms with Gasteiger partial charge < -0.3 is 14.0 Å². The third-order valence-corrected chi connectivity index (χ3v) is 6.17. The third kappa shape index (κ3) is 5.23. The zero-order chi connectivity index (χ0) is 23.3. The van der Waals surface area contributed by atoms with Crippen molar-refractivity contribution in [2.75, 3.05) is 26.5 Å². The lowest BCUT2D eigenvalue weighted by Crippen LogP contribution is -2.11. The van der Waals surface area contributed by atoms with E-state index in [1.54, 1.807) is 31.4 Å². The maximum atomic E-state index is 12.2. The van der Waals surface area contributed by atoms with Crippen LogP contribution in [0.5, 0.6) is 5.75 Å². The van der Waals surface area contributed by atoms with E-state index in [4.69, 9.17) is 9.47 Å². The van der Waals surface area contributed by atoms with Crippen molar-refractivity contribution < 1.29 is 22.7 Å². The highest BCUT2D eigenvalue weighted by molar-refractivity contribution is 7.90. The van der Waals surface area contributed by atoms with Gasteiger partial charge in [0.1, 0.15) is 18.9 Å². The Balaban J connectivity index is 2.05. The van der Waals surface area contributed by atoms with Crippen LogP contribution in [0.15, 0.2) is 64.7 Å². The summed E-state index contributed by atoms with van der Waals surface area (Å²) in [5.41, 5.74) is 4.04. The molecule has 0 saturated heterocycles. The quantitative estimate of drug-likeness (QED) is 0.276. The first kappa shape index (κ1) is 23.2. The van der Waals surface area contributed by atoms with Crippen LogP contribution in [0.3, 0.4) is 0 Å². The van der Waals surface area contributed by atoms with Gasteiger partial charge in [0.25, 0.3) is 0 Å². The Bertz CT molecular complexity index is 1210. The summed E-state index contributed by atoms with van der Waals surface area (Å²) in [5.74, 6) is 0.257. The van der Waals surface area contributed by atoms with Crippen molar-refractivity contribution in [2.24, 2.45) is 5.18 Å². The van der Waals surface area contributed by atoms with E-state index in [1.807, 2.05) is 41.8 Å². The van der Waals surface area contributed by atoms with Gasteiger partial charge in [0.15, 0.2) is 9.84 Å². The van der Waals surface area contributed by atoms with Crippen LogP contribution in [0.2, 0.25) is 0 Å². The first-order valence-electron chi connectivity index (χ1n) is 9.85. The molecule has 0 spiro atoms. The summed E-state index contributed by atoms with van der Waals surface area (Å²) in [6.45, 7) is 1.75. The third-order valence-electron chi connectivity index (χ3n) is 5.04. The van der Waals surface area contributed by atoms with Gasteiger partial charge in [-0.2, -0.15) is 4.91 Å². The molecule has 8 nitrogen and oxygen atoms in total. The predicted molar refractivity (Wildman–Crippen MR) is 121 cm³/mol. The van der Waals surface area contributed by atoms with Crippen LogP contribution < -0.4 is 4.74 Å². The van der Waals surface area contributed by atoms with Crippen LogP contribution in [0.1, 0.15) is 11.3 Å². The number of esters is 1. The zero-order valence-electron chi connectivity index (χ0n) is 18.1. The molecular weight excluding hydrogens is 432 g/mol. The van der Waals surface area contributed by atoms with Crippen molar-refractivity contribution in [3.05, 3.63) is 70.8 Å². The van der Waals surface area contributed by atoms with Gasteiger partial charge in [-0.3, -0.25) is 4.79 Å². The summed E-state index contributed by atoms with van der Waals surface area (Å²) < 4.78 is 35.9. The van der Waals surface area contributed by atoms with Crippen LogP contribution in [0, 0.1) is 11.8 Å². The van der Waals surface area contributed by atoms with E-state index in [9.17, 15) is 18.1 Å². The van der Waals surface area contributed by atoms with Crippen LogP contribution in [-0.4, -0.2) is 45.5 Å². The molecule has 0 aliphatic heterocycles. The van der Waals surface area contributed by atoms with E-state index >= 15 is 0 Å². The van der Waals surface area contributed by atoms with Crippen molar-refractivity contribution in [3.63, 3.8) is 0 Å². The summed E-state index contributed by atoms with van der Waals surface area (Å²) >= 11 is 0. The normalized spacial score (nSPS) is 11.2. The molecule has 2 aromatic carbocycles. The Kier molecular flexibility index (Phi) is 7.09. The lowest BCUT2D eigenvalue weighted by atomic mass is 10.1. The molecule has 0 fully saturated rings. The molecule has 0 saturated carbocycles. The van der Waals surface area contributed by atoms with Gasteiger partial charge in [0, 0.05) is 17.6 Å². The Labute approximate surface area is 186 Å². The molecule has 0 radical (unpaired) electrons. The van der Waals surface area contributed by atoms with E-state index in [-0.39, 0.29) is 24.5 Å². The van der Waals surface area contributed by atoms with E-state index in [1.165, 1.54) is 0 Å². The van der Waals surface area contributed by atoms with E-state index < -0.39 is 15.8 Å². The van der Waals surface area contributed by atoms with Gasteiger partial charge in [-0.05, 0) is 60.5 Å². The number of rotatable bonds is 9. The van der Waals surface area contributed by atoms with Gasteiger partial charge in [-0.25, -0.2) is 8.42 Å². The number of methoxy groups -OCH3 is 1. The molecule has 1 heterocycles. The smallest absolute Gasteiger partial charge is 0.310 e. The molecular formula is C23H24N2O6S. The fourth-order valence-corrected chi connectivity index (χ4v) is 4.02. The van der Waals surface area contributed by atoms with Gasteiger partial charge >= 0.3 is 5.97 Å². The van der Waals surface area contributed by atoms with Crippen molar-refractivity contribution in [3.8, 4) is 22.7 Å². The number of ether oxygens (including phenoxy) is 2. The average molecular weight is 457 g/mol. The Morgan fingerprint density at radius 3 is 2.28 bits per heavy atom. The minimum atomic E-state index is -3.31. The maximum Gasteiger partial charge on any atom is 0.310 e. The van der Waals surface area contributed by atoms with Gasteiger partial charge in [-0.1, -0.05) is 17.3 Å². The Morgan fingerprint density at radius 1 is 1.06 bits per heavy atom. The van der Waals surface area contributed by atoms with E-state index in [2.05, 4.69) is 5.18 Å². The minimum absolute atomic E-state index is 0.0300. The molecule has 9 heteroatoms. The zero-order valence-corrected chi connectivity index (χ0v) is 18.9.